The quantitative estimate of drug-likeness (QED) is 0.664. The molecule has 1 aromatic heterocycles. The summed E-state index contributed by atoms with van der Waals surface area (Å²) in [6, 6.07) is 7.89. The molecule has 1 N–H and O–H groups in total. The van der Waals surface area contributed by atoms with Crippen LogP contribution in [0.2, 0.25) is 5.15 Å². The molecule has 0 unspecified atom stereocenters. The van der Waals surface area contributed by atoms with E-state index in [4.69, 9.17) is 11.6 Å². The first-order valence-electron chi connectivity index (χ1n) is 5.82. The molecule has 7 heteroatoms. The summed E-state index contributed by atoms with van der Waals surface area (Å²) in [7, 11) is 1.31. The molecule has 2 rings (SSSR count). The average Bonchev–Trinajstić information content (AvgIpc) is 2.49. The number of ether oxygens (including phenoxy) is 1. The first kappa shape index (κ1) is 15.5. The second-order valence-corrected chi connectivity index (χ2v) is 5.29. The van der Waals surface area contributed by atoms with Gasteiger partial charge in [-0.15, -0.1) is 0 Å². The molecule has 0 aliphatic carbocycles. The van der Waals surface area contributed by atoms with Gasteiger partial charge in [0.15, 0.2) is 0 Å². The molecule has 1 aromatic carbocycles. The number of methoxy groups -OCH3 is 1. The van der Waals surface area contributed by atoms with Crippen molar-refractivity contribution in [1.29, 1.82) is 0 Å². The van der Waals surface area contributed by atoms with Crippen LogP contribution in [0.25, 0.3) is 0 Å². The number of pyridine rings is 1. The second-order valence-electron chi connectivity index (χ2n) is 4.01. The molecule has 0 aliphatic rings. The number of carbonyl (C=O) groups excluding carboxylic acids is 2. The number of nitrogens with zero attached hydrogens (tertiary/aromatic N) is 1. The highest BCUT2D eigenvalue weighted by Crippen LogP contribution is 2.20. The Hall–Kier alpha value is -1.92. The van der Waals surface area contributed by atoms with Gasteiger partial charge in [-0.05, 0) is 46.3 Å². The maximum Gasteiger partial charge on any atom is 0.337 e. The fourth-order valence-corrected chi connectivity index (χ4v) is 2.11. The summed E-state index contributed by atoms with van der Waals surface area (Å²) < 4.78 is 5.25. The van der Waals surface area contributed by atoms with E-state index in [1.54, 1.807) is 30.3 Å². The number of amides is 1. The number of benzene rings is 1. The highest BCUT2D eigenvalue weighted by Gasteiger charge is 2.13. The molecule has 0 saturated carbocycles. The molecule has 0 aliphatic heterocycles. The Morgan fingerprint density at radius 3 is 2.57 bits per heavy atom. The Bertz CT molecular complexity index is 689. The summed E-state index contributed by atoms with van der Waals surface area (Å²) in [5, 5.41) is 2.79. The normalized spacial score (nSPS) is 10.0. The molecule has 5 nitrogen and oxygen atoms in total. The highest BCUT2D eigenvalue weighted by molar-refractivity contribution is 9.10. The van der Waals surface area contributed by atoms with Crippen LogP contribution >= 0.6 is 27.5 Å². The first-order chi connectivity index (χ1) is 10.0. The fraction of sp³-hybridized carbons (Fsp3) is 0.0714. The van der Waals surface area contributed by atoms with Crippen molar-refractivity contribution in [3.05, 3.63) is 57.3 Å². The van der Waals surface area contributed by atoms with Crippen LogP contribution in [0.3, 0.4) is 0 Å². The molecule has 0 saturated heterocycles. The number of nitrogens with one attached hydrogen (secondary N) is 1. The monoisotopic (exact) mass is 368 g/mol. The molecular weight excluding hydrogens is 360 g/mol. The third kappa shape index (κ3) is 3.80. The number of aromatic nitrogens is 1. The second kappa shape index (κ2) is 6.69. The molecule has 1 amide bonds. The predicted octanol–water partition coefficient (Wildman–Crippen LogP) is 3.54. The van der Waals surface area contributed by atoms with Crippen molar-refractivity contribution < 1.29 is 14.3 Å². The van der Waals surface area contributed by atoms with Crippen molar-refractivity contribution in [3.8, 4) is 0 Å². The van der Waals surface area contributed by atoms with E-state index in [1.807, 2.05) is 0 Å². The molecule has 108 valence electrons. The third-order valence-electron chi connectivity index (χ3n) is 2.61. The molecule has 2 aromatic rings. The summed E-state index contributed by atoms with van der Waals surface area (Å²) in [6.45, 7) is 0. The summed E-state index contributed by atoms with van der Waals surface area (Å²) in [5.41, 5.74) is 1.18. The predicted molar refractivity (Wildman–Crippen MR) is 82.7 cm³/mol. The van der Waals surface area contributed by atoms with Crippen LogP contribution < -0.4 is 5.32 Å². The van der Waals surface area contributed by atoms with Crippen LogP contribution in [0.4, 0.5) is 5.69 Å². The van der Waals surface area contributed by atoms with Gasteiger partial charge >= 0.3 is 5.97 Å². The topological polar surface area (TPSA) is 68.3 Å². The Morgan fingerprint density at radius 2 is 1.95 bits per heavy atom. The van der Waals surface area contributed by atoms with Crippen LogP contribution in [0.15, 0.2) is 41.0 Å². The van der Waals surface area contributed by atoms with Crippen LogP contribution in [0, 0.1) is 0 Å². The van der Waals surface area contributed by atoms with Crippen molar-refractivity contribution in [2.45, 2.75) is 0 Å². The lowest BCUT2D eigenvalue weighted by atomic mass is 10.2. The zero-order valence-corrected chi connectivity index (χ0v) is 13.2. The van der Waals surface area contributed by atoms with Gasteiger partial charge in [-0.3, -0.25) is 4.79 Å². The van der Waals surface area contributed by atoms with Gasteiger partial charge in [-0.1, -0.05) is 11.6 Å². The SMILES string of the molecule is COC(=O)c1ccc(NC(=O)c2cc(Br)cnc2Cl)cc1. The van der Waals surface area contributed by atoms with Crippen molar-refractivity contribution in [2.75, 3.05) is 12.4 Å². The number of hydrogen-bond donors (Lipinski definition) is 1. The molecular formula is C14H10BrClN2O3. The zero-order valence-electron chi connectivity index (χ0n) is 10.9. The van der Waals surface area contributed by atoms with Gasteiger partial charge in [0.05, 0.1) is 18.2 Å². The Balaban J connectivity index is 2.16. The van der Waals surface area contributed by atoms with E-state index in [9.17, 15) is 9.59 Å². The lowest BCUT2D eigenvalue weighted by molar-refractivity contribution is 0.0600. The fourth-order valence-electron chi connectivity index (χ4n) is 1.59. The largest absolute Gasteiger partial charge is 0.465 e. The van der Waals surface area contributed by atoms with E-state index >= 15 is 0 Å². The molecule has 21 heavy (non-hydrogen) atoms. The zero-order chi connectivity index (χ0) is 15.4. The lowest BCUT2D eigenvalue weighted by Gasteiger charge is -2.07. The average molecular weight is 370 g/mol. The van der Waals surface area contributed by atoms with Crippen LogP contribution in [0.5, 0.6) is 0 Å². The smallest absolute Gasteiger partial charge is 0.337 e. The lowest BCUT2D eigenvalue weighted by Crippen LogP contribution is -2.13. The number of esters is 1. The number of carbonyl (C=O) groups is 2. The van der Waals surface area contributed by atoms with E-state index in [0.29, 0.717) is 15.7 Å². The van der Waals surface area contributed by atoms with E-state index in [-0.39, 0.29) is 16.6 Å². The van der Waals surface area contributed by atoms with Gasteiger partial charge in [0.1, 0.15) is 5.15 Å². The number of anilines is 1. The van der Waals surface area contributed by atoms with E-state index in [2.05, 4.69) is 31.0 Å². The molecule has 0 spiro atoms. The molecule has 0 atom stereocenters. The van der Waals surface area contributed by atoms with Crippen LogP contribution in [0.1, 0.15) is 20.7 Å². The molecule has 0 fully saturated rings. The Kier molecular flexibility index (Phi) is 4.93. The number of hydrogen-bond acceptors (Lipinski definition) is 4. The molecule has 0 bridgehead atoms. The van der Waals surface area contributed by atoms with Gasteiger partial charge in [0.2, 0.25) is 0 Å². The summed E-state index contributed by atoms with van der Waals surface area (Å²) in [5.74, 6) is -0.827. The Labute approximate surface area is 134 Å². The Morgan fingerprint density at radius 1 is 1.29 bits per heavy atom. The minimum absolute atomic E-state index is 0.113. The van der Waals surface area contributed by atoms with Gasteiger partial charge < -0.3 is 10.1 Å². The van der Waals surface area contributed by atoms with Crippen LogP contribution in [-0.2, 0) is 4.74 Å². The summed E-state index contributed by atoms with van der Waals surface area (Å²) in [4.78, 5) is 27.3. The van der Waals surface area contributed by atoms with Gasteiger partial charge in [0, 0.05) is 16.4 Å². The third-order valence-corrected chi connectivity index (χ3v) is 3.35. The van der Waals surface area contributed by atoms with Crippen molar-refractivity contribution in [3.63, 3.8) is 0 Å². The van der Waals surface area contributed by atoms with E-state index in [0.717, 1.165) is 0 Å². The van der Waals surface area contributed by atoms with E-state index < -0.39 is 5.97 Å². The molecule has 0 radical (unpaired) electrons. The maximum absolute atomic E-state index is 12.1. The first-order valence-corrected chi connectivity index (χ1v) is 6.99. The van der Waals surface area contributed by atoms with Gasteiger partial charge in [-0.25, -0.2) is 9.78 Å². The van der Waals surface area contributed by atoms with Crippen molar-refractivity contribution >= 4 is 45.1 Å². The summed E-state index contributed by atoms with van der Waals surface area (Å²) in [6.07, 6.45) is 1.50. The standard InChI is InChI=1S/C14H10BrClN2O3/c1-21-14(20)8-2-4-10(5-3-8)18-13(19)11-6-9(15)7-17-12(11)16/h2-7H,1H3,(H,18,19). The summed E-state index contributed by atoms with van der Waals surface area (Å²) >= 11 is 9.12. The maximum atomic E-state index is 12.1. The van der Waals surface area contributed by atoms with Gasteiger partial charge in [-0.2, -0.15) is 0 Å². The highest BCUT2D eigenvalue weighted by atomic mass is 79.9. The minimum atomic E-state index is -0.438. The minimum Gasteiger partial charge on any atom is -0.465 e. The van der Waals surface area contributed by atoms with Gasteiger partial charge in [0.25, 0.3) is 5.91 Å². The van der Waals surface area contributed by atoms with E-state index in [1.165, 1.54) is 13.3 Å². The van der Waals surface area contributed by atoms with Crippen LogP contribution in [-0.4, -0.2) is 24.0 Å². The van der Waals surface area contributed by atoms with Crippen molar-refractivity contribution in [1.82, 2.24) is 4.98 Å². The number of rotatable bonds is 3. The van der Waals surface area contributed by atoms with Crippen molar-refractivity contribution in [2.24, 2.45) is 0 Å². The number of halogens is 2. The molecule has 1 heterocycles.